The second-order valence-corrected chi connectivity index (χ2v) is 12.8. The van der Waals surface area contributed by atoms with E-state index < -0.39 is 72.0 Å². The lowest BCUT2D eigenvalue weighted by Gasteiger charge is -2.19. The normalized spacial score (nSPS) is 13.6. The molecule has 290 valence electrons. The van der Waals surface area contributed by atoms with Crippen molar-refractivity contribution in [3.8, 4) is 6.01 Å². The van der Waals surface area contributed by atoms with Gasteiger partial charge in [-0.2, -0.15) is 28.1 Å². The minimum Gasteiger partial charge on any atom is -0.467 e. The number of hydrogen-bond acceptors (Lipinski definition) is 11. The number of esters is 1. The van der Waals surface area contributed by atoms with Gasteiger partial charge in [0.15, 0.2) is 6.61 Å². The van der Waals surface area contributed by atoms with Crippen LogP contribution < -0.4 is 26.0 Å². The van der Waals surface area contributed by atoms with Gasteiger partial charge in [0, 0.05) is 29.2 Å². The lowest BCUT2D eigenvalue weighted by atomic mass is 10.1. The van der Waals surface area contributed by atoms with E-state index in [2.05, 4.69) is 36.2 Å². The summed E-state index contributed by atoms with van der Waals surface area (Å²) in [6.45, 7) is -1.86. The van der Waals surface area contributed by atoms with Gasteiger partial charge in [0.05, 0.1) is 12.6 Å². The number of halogens is 6. The molecule has 2 amide bonds. The molecule has 4 N–H and O–H groups in total. The van der Waals surface area contributed by atoms with Crippen LogP contribution in [-0.4, -0.2) is 71.0 Å². The zero-order chi connectivity index (χ0) is 39.8. The third kappa shape index (κ3) is 11.5. The van der Waals surface area contributed by atoms with Crippen molar-refractivity contribution in [1.82, 2.24) is 25.6 Å². The van der Waals surface area contributed by atoms with Crippen LogP contribution in [-0.2, 0) is 31.1 Å². The first kappa shape index (κ1) is 40.3. The molecule has 1 heterocycles. The van der Waals surface area contributed by atoms with Crippen molar-refractivity contribution in [3.63, 3.8) is 0 Å². The molecule has 0 saturated heterocycles. The number of ether oxygens (including phenoxy) is 2. The first-order chi connectivity index (χ1) is 26.1. The molecule has 5 rings (SSSR count). The van der Waals surface area contributed by atoms with Crippen LogP contribution in [0.4, 0.5) is 39.5 Å². The smallest absolute Gasteiger partial charge is 0.422 e. The quantitative estimate of drug-likeness (QED) is 0.0599. The highest BCUT2D eigenvalue weighted by atomic mass is 35.5. The van der Waals surface area contributed by atoms with Crippen molar-refractivity contribution in [3.05, 3.63) is 100 Å². The van der Waals surface area contributed by atoms with Crippen LogP contribution >= 0.6 is 11.6 Å². The second kappa shape index (κ2) is 17.5. The highest BCUT2D eigenvalue weighted by Gasteiger charge is 2.45. The standard InChI is InChI=1S/C36H33ClF5N7O6/c1-54-31(53)27(14-17-43-30(52)28(50)13-4-21-18-24(38)9-12-26(21)39)45-29(51)20-2-10-25(11-3-20)44-32-46-33(48-34(47-32)55-19-36(40,41)42)49-35(15-16-35)22-5-7-23(37)8-6-22/h2-3,5-12,18,27H,4,13-17,19H2,1H3,(H,43,52)(H,45,51)(H2,44,46,47,48,49)/t27-/m0/s1. The zero-order valence-corrected chi connectivity index (χ0v) is 29.7. The van der Waals surface area contributed by atoms with Gasteiger partial charge in [0.2, 0.25) is 17.7 Å². The van der Waals surface area contributed by atoms with Gasteiger partial charge in [-0.3, -0.25) is 14.4 Å². The van der Waals surface area contributed by atoms with E-state index in [0.29, 0.717) is 23.6 Å². The summed E-state index contributed by atoms with van der Waals surface area (Å²) in [4.78, 5) is 62.3. The van der Waals surface area contributed by atoms with Crippen LogP contribution in [0.3, 0.4) is 0 Å². The Bertz CT molecular complexity index is 2030. The van der Waals surface area contributed by atoms with Crippen molar-refractivity contribution in [2.45, 2.75) is 49.9 Å². The Morgan fingerprint density at radius 3 is 2.27 bits per heavy atom. The highest BCUT2D eigenvalue weighted by molar-refractivity contribution is 6.36. The van der Waals surface area contributed by atoms with Gasteiger partial charge in [-0.05, 0) is 91.4 Å². The number of hydrogen-bond donors (Lipinski definition) is 4. The Hall–Kier alpha value is -5.91. The third-order valence-electron chi connectivity index (χ3n) is 8.27. The minimum atomic E-state index is -4.65. The molecular weight excluding hydrogens is 757 g/mol. The summed E-state index contributed by atoms with van der Waals surface area (Å²) in [5.74, 6) is -5.05. The maximum absolute atomic E-state index is 13.8. The molecule has 0 unspecified atom stereocenters. The van der Waals surface area contributed by atoms with Crippen molar-refractivity contribution in [1.29, 1.82) is 0 Å². The van der Waals surface area contributed by atoms with Crippen molar-refractivity contribution in [2.75, 3.05) is 30.9 Å². The molecule has 1 atom stereocenters. The number of alkyl halides is 3. The van der Waals surface area contributed by atoms with E-state index in [9.17, 15) is 41.1 Å². The highest BCUT2D eigenvalue weighted by Crippen LogP contribution is 2.48. The number of amides is 2. The molecule has 55 heavy (non-hydrogen) atoms. The molecule has 19 heteroatoms. The summed E-state index contributed by atoms with van der Waals surface area (Å²) < 4.78 is 75.6. The van der Waals surface area contributed by atoms with Crippen LogP contribution in [0, 0.1) is 11.6 Å². The largest absolute Gasteiger partial charge is 0.467 e. The number of aryl methyl sites for hydroxylation is 1. The minimum absolute atomic E-state index is 0.0493. The molecule has 0 spiro atoms. The number of ketones is 1. The van der Waals surface area contributed by atoms with E-state index in [1.807, 2.05) is 12.1 Å². The Labute approximate surface area is 315 Å². The fourth-order valence-electron chi connectivity index (χ4n) is 5.27. The van der Waals surface area contributed by atoms with E-state index in [1.54, 1.807) is 12.1 Å². The molecule has 3 aromatic carbocycles. The molecule has 1 saturated carbocycles. The van der Waals surface area contributed by atoms with Crippen molar-refractivity contribution < 1.29 is 50.6 Å². The summed E-state index contributed by atoms with van der Waals surface area (Å²) in [6, 6.07) is 13.7. The van der Waals surface area contributed by atoms with E-state index in [4.69, 9.17) is 21.1 Å². The van der Waals surface area contributed by atoms with Gasteiger partial charge in [-0.15, -0.1) is 0 Å². The van der Waals surface area contributed by atoms with Gasteiger partial charge >= 0.3 is 18.2 Å². The third-order valence-corrected chi connectivity index (χ3v) is 8.52. The van der Waals surface area contributed by atoms with Gasteiger partial charge in [0.1, 0.15) is 17.7 Å². The lowest BCUT2D eigenvalue weighted by Crippen LogP contribution is -2.44. The predicted molar refractivity (Wildman–Crippen MR) is 188 cm³/mol. The monoisotopic (exact) mass is 789 g/mol. The van der Waals surface area contributed by atoms with E-state index in [0.717, 1.165) is 30.9 Å². The molecule has 1 aliphatic carbocycles. The lowest BCUT2D eigenvalue weighted by molar-refractivity contribution is -0.154. The topological polar surface area (TPSA) is 174 Å². The first-order valence-corrected chi connectivity index (χ1v) is 17.0. The number of anilines is 3. The number of carbonyl (C=O) groups excluding carboxylic acids is 4. The molecule has 0 radical (unpaired) electrons. The zero-order valence-electron chi connectivity index (χ0n) is 28.9. The number of nitrogens with zero attached hydrogens (tertiary/aromatic N) is 3. The fraction of sp³-hybridized carbons (Fsp3) is 0.306. The van der Waals surface area contributed by atoms with E-state index >= 15 is 0 Å². The molecular formula is C36H33ClF5N7O6. The van der Waals surface area contributed by atoms with Gasteiger partial charge in [-0.1, -0.05) is 23.7 Å². The van der Waals surface area contributed by atoms with Crippen molar-refractivity contribution >= 4 is 52.8 Å². The maximum atomic E-state index is 13.8. The first-order valence-electron chi connectivity index (χ1n) is 16.6. The maximum Gasteiger partial charge on any atom is 0.422 e. The number of methoxy groups -OCH3 is 1. The van der Waals surface area contributed by atoms with Gasteiger partial charge in [-0.25, -0.2) is 13.6 Å². The Kier molecular flexibility index (Phi) is 12.8. The fourth-order valence-corrected chi connectivity index (χ4v) is 5.39. The molecule has 0 bridgehead atoms. The summed E-state index contributed by atoms with van der Waals surface area (Å²) in [6.07, 6.45) is -4.03. The summed E-state index contributed by atoms with van der Waals surface area (Å²) >= 11 is 6.02. The Morgan fingerprint density at radius 2 is 1.62 bits per heavy atom. The second-order valence-electron chi connectivity index (χ2n) is 12.3. The molecule has 1 aliphatic rings. The van der Waals surface area contributed by atoms with Crippen LogP contribution in [0.5, 0.6) is 6.01 Å². The predicted octanol–water partition coefficient (Wildman–Crippen LogP) is 5.57. The van der Waals surface area contributed by atoms with Crippen LogP contribution in [0.25, 0.3) is 0 Å². The number of aromatic nitrogens is 3. The number of nitrogens with one attached hydrogen (secondary N) is 4. The van der Waals surface area contributed by atoms with Crippen LogP contribution in [0.2, 0.25) is 5.02 Å². The number of benzene rings is 3. The van der Waals surface area contributed by atoms with Crippen LogP contribution in [0.1, 0.15) is 47.2 Å². The molecule has 0 aliphatic heterocycles. The average Bonchev–Trinajstić information content (AvgIpc) is 3.93. The van der Waals surface area contributed by atoms with Crippen LogP contribution in [0.15, 0.2) is 66.7 Å². The molecule has 1 fully saturated rings. The summed E-state index contributed by atoms with van der Waals surface area (Å²) in [5, 5.41) is 11.4. The Morgan fingerprint density at radius 1 is 0.927 bits per heavy atom. The Balaban J connectivity index is 1.19. The SMILES string of the molecule is COC(=O)[C@H](CCNC(=O)C(=O)CCc1cc(F)ccc1F)NC(=O)c1ccc(Nc2nc(NC3(c4ccc(Cl)cc4)CC3)nc(OCC(F)(F)F)n2)cc1. The van der Waals surface area contributed by atoms with Crippen molar-refractivity contribution in [2.24, 2.45) is 0 Å². The number of carbonyl (C=O) groups is 4. The van der Waals surface area contributed by atoms with Gasteiger partial charge in [0.25, 0.3) is 11.8 Å². The molecule has 13 nitrogen and oxygen atoms in total. The average molecular weight is 790 g/mol. The summed E-state index contributed by atoms with van der Waals surface area (Å²) in [5.41, 5.74) is 0.658. The molecule has 4 aromatic rings. The van der Waals surface area contributed by atoms with E-state index in [1.165, 1.54) is 24.3 Å². The summed E-state index contributed by atoms with van der Waals surface area (Å²) in [7, 11) is 1.10. The van der Waals surface area contributed by atoms with E-state index in [-0.39, 0.29) is 42.4 Å². The number of rotatable bonds is 17. The molecule has 1 aromatic heterocycles. The van der Waals surface area contributed by atoms with Gasteiger partial charge < -0.3 is 30.7 Å². The number of Topliss-reactive ketones (excluding diaryl/α,β-unsaturated/α-hetero) is 1.